The Morgan fingerprint density at radius 1 is 0.280 bits per heavy atom. The van der Waals surface area contributed by atoms with Gasteiger partial charge in [-0.25, -0.2) is 9.13 Å². The number of aliphatic hydroxyl groups is 1. The van der Waals surface area contributed by atoms with E-state index in [0.29, 0.717) is 32.1 Å². The Morgan fingerprint density at radius 3 is 0.820 bits per heavy atom. The molecule has 0 aliphatic rings. The van der Waals surface area contributed by atoms with Crippen LogP contribution in [-0.4, -0.2) is 96.7 Å². The maximum Gasteiger partial charge on any atom is 0.472 e. The Balaban J connectivity index is 5.36. The predicted octanol–water partition coefficient (Wildman–Crippen LogP) is 23.5. The van der Waals surface area contributed by atoms with Crippen molar-refractivity contribution in [3.05, 3.63) is 60.8 Å². The zero-order valence-corrected chi connectivity index (χ0v) is 65.7. The predicted molar refractivity (Wildman–Crippen MR) is 409 cm³/mol. The van der Waals surface area contributed by atoms with Gasteiger partial charge in [-0.15, -0.1) is 0 Å². The highest BCUT2D eigenvalue weighted by atomic mass is 31.2. The number of carbonyl (C=O) groups is 4. The van der Waals surface area contributed by atoms with Gasteiger partial charge >= 0.3 is 39.5 Å². The summed E-state index contributed by atoms with van der Waals surface area (Å²) in [4.78, 5) is 73.0. The fraction of sp³-hybridized carbons (Fsp3) is 0.827. The summed E-state index contributed by atoms with van der Waals surface area (Å²) in [7, 11) is -9.95. The van der Waals surface area contributed by atoms with Crippen molar-refractivity contribution in [3.63, 3.8) is 0 Å². The molecular formula is C81H148O17P2. The summed E-state index contributed by atoms with van der Waals surface area (Å²) < 4.78 is 68.6. The van der Waals surface area contributed by atoms with Crippen molar-refractivity contribution in [2.24, 2.45) is 0 Å². The lowest BCUT2D eigenvalue weighted by atomic mass is 10.0. The van der Waals surface area contributed by atoms with E-state index in [-0.39, 0.29) is 25.7 Å². The van der Waals surface area contributed by atoms with Crippen LogP contribution in [-0.2, 0) is 65.4 Å². The molecule has 0 rings (SSSR count). The number of carbonyl (C=O) groups excluding carboxylic acids is 4. The minimum absolute atomic E-state index is 0.0896. The van der Waals surface area contributed by atoms with Gasteiger partial charge in [0.25, 0.3) is 0 Å². The van der Waals surface area contributed by atoms with Gasteiger partial charge in [0.2, 0.25) is 0 Å². The highest BCUT2D eigenvalue weighted by Crippen LogP contribution is 2.45. The summed E-state index contributed by atoms with van der Waals surface area (Å²) in [5, 5.41) is 10.6. The van der Waals surface area contributed by atoms with Crippen LogP contribution in [0.3, 0.4) is 0 Å². The molecule has 3 N–H and O–H groups in total. The van der Waals surface area contributed by atoms with E-state index < -0.39 is 97.5 Å². The second kappa shape index (κ2) is 74.0. The Hall–Kier alpha value is -3.24. The lowest BCUT2D eigenvalue weighted by Crippen LogP contribution is -2.30. The van der Waals surface area contributed by atoms with Gasteiger partial charge in [-0.2, -0.15) is 0 Å². The summed E-state index contributed by atoms with van der Waals surface area (Å²) in [5.74, 6) is -2.21. The molecule has 0 aliphatic heterocycles. The Morgan fingerprint density at radius 2 is 0.500 bits per heavy atom. The number of phosphoric acid groups is 2. The fourth-order valence-electron chi connectivity index (χ4n) is 11.3. The average molecular weight is 1460 g/mol. The number of esters is 4. The number of allylic oxidation sites excluding steroid dienone is 10. The van der Waals surface area contributed by atoms with Gasteiger partial charge in [-0.1, -0.05) is 320 Å². The van der Waals surface area contributed by atoms with Crippen LogP contribution >= 0.6 is 15.6 Å². The molecule has 0 saturated heterocycles. The van der Waals surface area contributed by atoms with E-state index in [1.54, 1.807) is 0 Å². The van der Waals surface area contributed by atoms with Crippen LogP contribution in [0.4, 0.5) is 0 Å². The van der Waals surface area contributed by atoms with Gasteiger partial charge in [0.15, 0.2) is 12.2 Å². The topological polar surface area (TPSA) is 237 Å². The molecule has 0 aromatic carbocycles. The standard InChI is InChI=1S/C81H148O17P2/c1-5-9-13-17-21-25-29-33-36-37-40-43-46-50-54-58-62-66-79(84)92-71-76(97-80(85)67-63-59-55-51-47-41-32-28-24-20-16-12-8-4)73-95-99(87,88)93-69-75(82)70-94-100(89,90)96-74-77(98-81(86)68-64-60-56-52-48-44-39-35-31-27-23-19-15-11-7-3)72-91-78(83)65-61-57-53-49-45-42-38-34-30-26-22-18-14-10-6-2/h21,25,33-34,36,38,40,43,50,54,75-77,82H,5-20,22-24,26-32,35,37,39,41-42,44-49,51-53,55-74H2,1-4H3,(H,87,88)(H,89,90)/b25-21-,36-33-,38-34-,43-40-,54-50-/t75-,76+,77+/m0/s1. The van der Waals surface area contributed by atoms with Gasteiger partial charge < -0.3 is 33.8 Å². The van der Waals surface area contributed by atoms with Gasteiger partial charge in [0, 0.05) is 25.7 Å². The van der Waals surface area contributed by atoms with Gasteiger partial charge in [0.05, 0.1) is 26.4 Å². The van der Waals surface area contributed by atoms with E-state index in [1.807, 2.05) is 12.2 Å². The zero-order valence-electron chi connectivity index (χ0n) is 63.9. The summed E-state index contributed by atoms with van der Waals surface area (Å²) in [6.45, 7) is 4.85. The molecule has 19 heteroatoms. The Kier molecular flexibility index (Phi) is 71.6. The minimum Gasteiger partial charge on any atom is -0.462 e. The maximum absolute atomic E-state index is 13.1. The van der Waals surface area contributed by atoms with Crippen LogP contribution in [0.25, 0.3) is 0 Å². The van der Waals surface area contributed by atoms with E-state index in [0.717, 1.165) is 116 Å². The molecule has 0 fully saturated rings. The normalized spacial score (nSPS) is 14.2. The molecule has 0 bridgehead atoms. The number of hydrogen-bond donors (Lipinski definition) is 3. The molecule has 0 saturated carbocycles. The lowest BCUT2D eigenvalue weighted by Gasteiger charge is -2.21. The molecule has 0 amide bonds. The molecule has 0 aromatic rings. The first kappa shape index (κ1) is 96.8. The molecule has 17 nitrogen and oxygen atoms in total. The quantitative estimate of drug-likeness (QED) is 0.0169. The monoisotopic (exact) mass is 1460 g/mol. The molecule has 5 atom stereocenters. The van der Waals surface area contributed by atoms with Crippen LogP contribution in [0.1, 0.15) is 374 Å². The van der Waals surface area contributed by atoms with Crippen molar-refractivity contribution in [1.82, 2.24) is 0 Å². The molecule has 100 heavy (non-hydrogen) atoms. The van der Waals surface area contributed by atoms with Crippen LogP contribution in [0, 0.1) is 0 Å². The maximum atomic E-state index is 13.1. The molecule has 0 spiro atoms. The Labute approximate surface area is 610 Å². The van der Waals surface area contributed by atoms with E-state index in [2.05, 4.69) is 76.3 Å². The second-order valence-corrected chi connectivity index (χ2v) is 30.3. The number of hydrogen-bond acceptors (Lipinski definition) is 15. The van der Waals surface area contributed by atoms with Crippen molar-refractivity contribution < 1.29 is 80.2 Å². The minimum atomic E-state index is -4.98. The van der Waals surface area contributed by atoms with E-state index >= 15 is 0 Å². The highest BCUT2D eigenvalue weighted by Gasteiger charge is 2.30. The summed E-state index contributed by atoms with van der Waals surface area (Å²) in [6.07, 6.45) is 73.4. The molecular weight excluding hydrogens is 1310 g/mol. The van der Waals surface area contributed by atoms with Crippen molar-refractivity contribution in [2.45, 2.75) is 393 Å². The molecule has 584 valence electrons. The summed E-state index contributed by atoms with van der Waals surface area (Å²) in [6, 6.07) is 0. The average Bonchev–Trinajstić information content (AvgIpc) is 0.965. The SMILES string of the molecule is CCCCC/C=C\C/C=C\C/C=C\C/C=C\CCCC(=O)OC[C@H](COP(=O)(O)OC[C@H](O)COP(=O)(O)OC[C@@H](COC(=O)CCCCCCC/C=C\CCCCCCCC)OC(=O)CCCCCCCCCCCCCCCCC)OC(=O)CCCCCCCCCCCCCCC. The van der Waals surface area contributed by atoms with Gasteiger partial charge in [-0.05, 0) is 89.9 Å². The third-order valence-corrected chi connectivity index (χ3v) is 19.4. The number of ether oxygens (including phenoxy) is 4. The molecule has 2 unspecified atom stereocenters. The molecule has 0 aliphatic carbocycles. The number of aliphatic hydroxyl groups excluding tert-OH is 1. The van der Waals surface area contributed by atoms with Crippen molar-refractivity contribution >= 4 is 39.5 Å². The van der Waals surface area contributed by atoms with Gasteiger partial charge in [0.1, 0.15) is 19.3 Å². The molecule has 0 aromatic heterocycles. The van der Waals surface area contributed by atoms with Crippen LogP contribution in [0.5, 0.6) is 0 Å². The first-order chi connectivity index (χ1) is 48.7. The number of phosphoric ester groups is 2. The Bertz CT molecular complexity index is 2130. The van der Waals surface area contributed by atoms with E-state index in [1.165, 1.54) is 173 Å². The van der Waals surface area contributed by atoms with Crippen LogP contribution in [0.2, 0.25) is 0 Å². The lowest BCUT2D eigenvalue weighted by molar-refractivity contribution is -0.161. The first-order valence-corrected chi connectivity index (χ1v) is 43.5. The number of unbranched alkanes of at least 4 members (excludes halogenated alkanes) is 41. The highest BCUT2D eigenvalue weighted by molar-refractivity contribution is 7.47. The van der Waals surface area contributed by atoms with Crippen molar-refractivity contribution in [2.75, 3.05) is 39.6 Å². The third kappa shape index (κ3) is 73.1. The third-order valence-electron chi connectivity index (χ3n) is 17.5. The molecule has 0 heterocycles. The molecule has 0 radical (unpaired) electrons. The van der Waals surface area contributed by atoms with Gasteiger partial charge in [-0.3, -0.25) is 37.3 Å². The summed E-state index contributed by atoms with van der Waals surface area (Å²) >= 11 is 0. The zero-order chi connectivity index (χ0) is 73.2. The second-order valence-electron chi connectivity index (χ2n) is 27.4. The summed E-state index contributed by atoms with van der Waals surface area (Å²) in [5.41, 5.74) is 0. The van der Waals surface area contributed by atoms with Crippen molar-refractivity contribution in [1.29, 1.82) is 0 Å². The largest absolute Gasteiger partial charge is 0.472 e. The van der Waals surface area contributed by atoms with Crippen LogP contribution in [0.15, 0.2) is 60.8 Å². The number of rotatable bonds is 77. The first-order valence-electron chi connectivity index (χ1n) is 40.5. The smallest absolute Gasteiger partial charge is 0.462 e. The van der Waals surface area contributed by atoms with Crippen LogP contribution < -0.4 is 0 Å². The fourth-order valence-corrected chi connectivity index (χ4v) is 12.8. The van der Waals surface area contributed by atoms with E-state index in [9.17, 15) is 43.2 Å². The van der Waals surface area contributed by atoms with E-state index in [4.69, 9.17) is 37.0 Å². The van der Waals surface area contributed by atoms with Crippen molar-refractivity contribution in [3.8, 4) is 0 Å².